The van der Waals surface area contributed by atoms with Crippen LogP contribution in [-0.4, -0.2) is 32.9 Å². The number of benzene rings is 1. The molecule has 0 saturated carbocycles. The number of alkyl halides is 3. The molecule has 0 aliphatic heterocycles. The number of hydrogen-bond donors (Lipinski definition) is 2. The highest BCUT2D eigenvalue weighted by Crippen LogP contribution is 2.13. The minimum atomic E-state index is -5.08. The average Bonchev–Trinajstić information content (AvgIpc) is 2.55. The van der Waals surface area contributed by atoms with E-state index in [-0.39, 0.29) is 5.56 Å². The molecule has 1 heterocycles. The van der Waals surface area contributed by atoms with E-state index >= 15 is 0 Å². The molecule has 0 atom stereocenters. The van der Waals surface area contributed by atoms with Crippen LogP contribution in [-0.2, 0) is 11.2 Å². The van der Waals surface area contributed by atoms with Gasteiger partial charge in [0.05, 0.1) is 0 Å². The van der Waals surface area contributed by atoms with E-state index in [0.29, 0.717) is 12.1 Å². The first kappa shape index (κ1) is 19.9. The van der Waals surface area contributed by atoms with Gasteiger partial charge in [-0.15, -0.1) is 0 Å². The molecule has 0 saturated heterocycles. The second kappa shape index (κ2) is 8.13. The van der Waals surface area contributed by atoms with Crippen molar-refractivity contribution < 1.29 is 33.0 Å². The van der Waals surface area contributed by atoms with Gasteiger partial charge in [-0.2, -0.15) is 13.2 Å². The van der Waals surface area contributed by atoms with Crippen molar-refractivity contribution >= 4 is 11.9 Å². The molecule has 0 unspecified atom stereocenters. The van der Waals surface area contributed by atoms with Crippen LogP contribution in [0.5, 0.6) is 0 Å². The summed E-state index contributed by atoms with van der Waals surface area (Å²) in [6.07, 6.45) is -2.72. The number of carboxylic acids is 2. The number of nitrogens with zero attached hydrogens (tertiary/aromatic N) is 1. The van der Waals surface area contributed by atoms with Crippen molar-refractivity contribution in [2.24, 2.45) is 0 Å². The summed E-state index contributed by atoms with van der Waals surface area (Å²) in [5.74, 6) is -3.95. The van der Waals surface area contributed by atoms with Crippen LogP contribution in [0.1, 0.15) is 22.8 Å². The van der Waals surface area contributed by atoms with Crippen LogP contribution >= 0.6 is 0 Å². The standard InChI is InChI=1S/C14H13NO3.C2HF3O2/c1-2-10-8-12(14(17)18)13(16)15(9-10)11-6-4-3-5-7-11;3-2(4,5)1(6)7/h3-9H,2H2,1H3,(H,17,18);(H,6,7). The van der Waals surface area contributed by atoms with Crippen LogP contribution in [0.4, 0.5) is 13.2 Å². The summed E-state index contributed by atoms with van der Waals surface area (Å²) in [5, 5.41) is 16.2. The number of aryl methyl sites for hydroxylation is 1. The SMILES string of the molecule is CCc1cc(C(=O)O)c(=O)n(-c2ccccc2)c1.O=C(O)C(F)(F)F. The second-order valence-corrected chi connectivity index (χ2v) is 4.73. The largest absolute Gasteiger partial charge is 0.490 e. The monoisotopic (exact) mass is 357 g/mol. The molecule has 0 radical (unpaired) electrons. The van der Waals surface area contributed by atoms with Crippen molar-refractivity contribution in [1.82, 2.24) is 4.57 Å². The van der Waals surface area contributed by atoms with Gasteiger partial charge in [0.2, 0.25) is 0 Å². The zero-order valence-electron chi connectivity index (χ0n) is 12.9. The molecule has 134 valence electrons. The van der Waals surface area contributed by atoms with Crippen molar-refractivity contribution in [3.63, 3.8) is 0 Å². The highest BCUT2D eigenvalue weighted by Gasteiger charge is 2.38. The molecular formula is C16H14F3NO5. The summed E-state index contributed by atoms with van der Waals surface area (Å²) < 4.78 is 33.1. The first-order chi connectivity index (χ1) is 11.6. The highest BCUT2D eigenvalue weighted by atomic mass is 19.4. The lowest BCUT2D eigenvalue weighted by atomic mass is 10.1. The molecule has 2 N–H and O–H groups in total. The molecule has 0 aliphatic carbocycles. The van der Waals surface area contributed by atoms with Crippen LogP contribution < -0.4 is 5.56 Å². The predicted octanol–water partition coefficient (Wildman–Crippen LogP) is 2.73. The lowest BCUT2D eigenvalue weighted by Crippen LogP contribution is -2.25. The van der Waals surface area contributed by atoms with Crippen molar-refractivity contribution in [2.75, 3.05) is 0 Å². The van der Waals surface area contributed by atoms with Crippen molar-refractivity contribution in [2.45, 2.75) is 19.5 Å². The van der Waals surface area contributed by atoms with Gasteiger partial charge in [0.1, 0.15) is 5.56 Å². The minimum absolute atomic E-state index is 0.196. The Morgan fingerprint density at radius 3 is 2.04 bits per heavy atom. The molecule has 0 fully saturated rings. The van der Waals surface area contributed by atoms with Crippen molar-refractivity contribution in [3.05, 3.63) is 64.1 Å². The number of aliphatic carboxylic acids is 1. The fraction of sp³-hybridized carbons (Fsp3) is 0.188. The van der Waals surface area contributed by atoms with Gasteiger partial charge in [0.25, 0.3) is 5.56 Å². The summed E-state index contributed by atoms with van der Waals surface area (Å²) in [4.78, 5) is 32.0. The van der Waals surface area contributed by atoms with Gasteiger partial charge >= 0.3 is 18.1 Å². The van der Waals surface area contributed by atoms with Gasteiger partial charge in [0, 0.05) is 11.9 Å². The fourth-order valence-corrected chi connectivity index (χ4v) is 1.77. The first-order valence-corrected chi connectivity index (χ1v) is 6.92. The van der Waals surface area contributed by atoms with Crippen LogP contribution in [0, 0.1) is 0 Å². The molecule has 2 aromatic rings. The van der Waals surface area contributed by atoms with E-state index in [9.17, 15) is 22.8 Å². The Kier molecular flexibility index (Phi) is 6.49. The van der Waals surface area contributed by atoms with E-state index < -0.39 is 23.7 Å². The molecule has 2 rings (SSSR count). The number of aromatic nitrogens is 1. The van der Waals surface area contributed by atoms with Crippen molar-refractivity contribution in [3.8, 4) is 5.69 Å². The van der Waals surface area contributed by atoms with E-state index in [2.05, 4.69) is 0 Å². The maximum Gasteiger partial charge on any atom is 0.490 e. The Morgan fingerprint density at radius 2 is 1.64 bits per heavy atom. The number of rotatable bonds is 3. The summed E-state index contributed by atoms with van der Waals surface area (Å²) in [5.41, 5.74) is 0.778. The lowest BCUT2D eigenvalue weighted by Gasteiger charge is -2.09. The lowest BCUT2D eigenvalue weighted by molar-refractivity contribution is -0.192. The summed E-state index contributed by atoms with van der Waals surface area (Å²) in [6.45, 7) is 1.92. The van der Waals surface area contributed by atoms with Crippen molar-refractivity contribution in [1.29, 1.82) is 0 Å². The number of halogens is 3. The number of carbonyl (C=O) groups is 2. The van der Waals surface area contributed by atoms with Gasteiger partial charge in [-0.3, -0.25) is 9.36 Å². The maximum atomic E-state index is 12.1. The number of hydrogen-bond acceptors (Lipinski definition) is 3. The molecule has 25 heavy (non-hydrogen) atoms. The average molecular weight is 357 g/mol. The molecule has 0 spiro atoms. The number of pyridine rings is 1. The van der Waals surface area contributed by atoms with Gasteiger partial charge in [-0.1, -0.05) is 25.1 Å². The van der Waals surface area contributed by atoms with Gasteiger partial charge < -0.3 is 10.2 Å². The molecule has 0 bridgehead atoms. The zero-order chi connectivity index (χ0) is 19.2. The number of carboxylic acid groups (broad SMARTS) is 2. The van der Waals surface area contributed by atoms with Crippen LogP contribution in [0.3, 0.4) is 0 Å². The summed E-state index contributed by atoms with van der Waals surface area (Å²) in [6, 6.07) is 10.4. The van der Waals surface area contributed by atoms with Crippen LogP contribution in [0.25, 0.3) is 5.69 Å². The zero-order valence-corrected chi connectivity index (χ0v) is 12.9. The van der Waals surface area contributed by atoms with E-state index in [0.717, 1.165) is 5.56 Å². The quantitative estimate of drug-likeness (QED) is 0.880. The third-order valence-electron chi connectivity index (χ3n) is 2.99. The van der Waals surface area contributed by atoms with Gasteiger partial charge in [-0.25, -0.2) is 9.59 Å². The van der Waals surface area contributed by atoms with E-state index in [1.807, 2.05) is 13.0 Å². The van der Waals surface area contributed by atoms with Crippen LogP contribution in [0.2, 0.25) is 0 Å². The summed E-state index contributed by atoms with van der Waals surface area (Å²) >= 11 is 0. The third kappa shape index (κ3) is 5.48. The molecular weight excluding hydrogens is 343 g/mol. The van der Waals surface area contributed by atoms with E-state index in [1.165, 1.54) is 10.6 Å². The molecule has 0 aliphatic rings. The third-order valence-corrected chi connectivity index (χ3v) is 2.99. The molecule has 6 nitrogen and oxygen atoms in total. The Morgan fingerprint density at radius 1 is 1.12 bits per heavy atom. The maximum absolute atomic E-state index is 12.1. The van der Waals surface area contributed by atoms with E-state index in [1.54, 1.807) is 30.5 Å². The Hall–Kier alpha value is -3.10. The molecule has 1 aromatic heterocycles. The molecule has 0 amide bonds. The molecule has 1 aromatic carbocycles. The first-order valence-electron chi connectivity index (χ1n) is 6.92. The number of aromatic carboxylic acids is 1. The van der Waals surface area contributed by atoms with Crippen LogP contribution in [0.15, 0.2) is 47.4 Å². The Bertz CT molecular complexity index is 813. The smallest absolute Gasteiger partial charge is 0.477 e. The van der Waals surface area contributed by atoms with E-state index in [4.69, 9.17) is 15.0 Å². The second-order valence-electron chi connectivity index (χ2n) is 4.73. The van der Waals surface area contributed by atoms with Gasteiger partial charge in [0.15, 0.2) is 0 Å². The normalized spacial score (nSPS) is 10.6. The molecule has 9 heteroatoms. The van der Waals surface area contributed by atoms with Gasteiger partial charge in [-0.05, 0) is 30.2 Å². The summed E-state index contributed by atoms with van der Waals surface area (Å²) in [7, 11) is 0. The predicted molar refractivity (Wildman–Crippen MR) is 82.1 cm³/mol. The number of para-hydroxylation sites is 1. The topological polar surface area (TPSA) is 96.6 Å². The Labute approximate surface area is 139 Å². The minimum Gasteiger partial charge on any atom is -0.477 e. The Balaban J connectivity index is 0.000000381. The highest BCUT2D eigenvalue weighted by molar-refractivity contribution is 5.87. The fourth-order valence-electron chi connectivity index (χ4n) is 1.77.